The first-order valence-electron chi connectivity index (χ1n) is 5.59. The molecule has 0 saturated heterocycles. The van der Waals surface area contributed by atoms with Gasteiger partial charge in [-0.2, -0.15) is 21.6 Å². The van der Waals surface area contributed by atoms with Crippen LogP contribution in [-0.4, -0.2) is 39.8 Å². The Labute approximate surface area is 123 Å². The first kappa shape index (κ1) is 16.8. The Morgan fingerprint density at radius 3 is 2.45 bits per heavy atom. The van der Waals surface area contributed by atoms with Crippen LogP contribution in [0.5, 0.6) is 0 Å². The normalized spacial score (nSPS) is 22.4. The maximum absolute atomic E-state index is 12.6. The summed E-state index contributed by atoms with van der Waals surface area (Å²) in [6, 6.07) is 1.05. The van der Waals surface area contributed by atoms with E-state index in [0.717, 1.165) is 24.7 Å². The summed E-state index contributed by atoms with van der Waals surface area (Å²) in [4.78, 5) is 4.71. The highest BCUT2D eigenvalue weighted by atomic mass is 32.2. The van der Waals surface area contributed by atoms with Gasteiger partial charge >= 0.3 is 15.6 Å². The molecule has 0 spiro atoms. The van der Waals surface area contributed by atoms with Gasteiger partial charge in [-0.25, -0.2) is 12.6 Å². The number of nitrogens with zero attached hydrogens (tertiary/aromatic N) is 2. The van der Waals surface area contributed by atoms with Crippen molar-refractivity contribution in [2.24, 2.45) is 4.99 Å². The van der Waals surface area contributed by atoms with Crippen molar-refractivity contribution >= 4 is 31.9 Å². The number of rotatable bonds is 3. The molecular formula is C10H9F3N2O5S2. The predicted octanol–water partition coefficient (Wildman–Crippen LogP) is 1.25. The molecule has 1 aliphatic heterocycles. The lowest BCUT2D eigenvalue weighted by Gasteiger charge is -2.33. The highest BCUT2D eigenvalue weighted by molar-refractivity contribution is 7.93. The second-order valence-electron chi connectivity index (χ2n) is 4.42. The molecule has 0 radical (unpaired) electrons. The van der Waals surface area contributed by atoms with Gasteiger partial charge in [0.25, 0.3) is 0 Å². The summed E-state index contributed by atoms with van der Waals surface area (Å²) in [7, 11) is -10.6. The minimum absolute atomic E-state index is 0.0865. The Kier molecular flexibility index (Phi) is 3.82. The predicted molar refractivity (Wildman–Crippen MR) is 69.6 cm³/mol. The molecular weight excluding hydrogens is 349 g/mol. The summed E-state index contributed by atoms with van der Waals surface area (Å²) in [6.07, 6.45) is 3.06. The molecule has 1 aromatic rings. The first-order chi connectivity index (χ1) is 9.91. The number of aliphatic imine (C=N–C) groups is 1. The van der Waals surface area contributed by atoms with E-state index in [4.69, 9.17) is 0 Å². The Bertz CT molecular complexity index is 832. The van der Waals surface area contributed by atoms with Gasteiger partial charge in [-0.15, -0.1) is 0 Å². The average molecular weight is 358 g/mol. The van der Waals surface area contributed by atoms with Crippen molar-refractivity contribution in [2.45, 2.75) is 16.9 Å². The zero-order valence-corrected chi connectivity index (χ0v) is 12.5. The average Bonchev–Trinajstić information content (AvgIpc) is 2.36. The SMILES string of the molecule is CS(=O)(=O)C1(OS(=O)(=O)C(F)(F)F)CC=Nc2cnccc21. The number of fused-ring (bicyclic) bond motifs is 1. The van der Waals surface area contributed by atoms with Crippen LogP contribution < -0.4 is 0 Å². The highest BCUT2D eigenvalue weighted by Gasteiger charge is 2.57. The quantitative estimate of drug-likeness (QED) is 0.595. The van der Waals surface area contributed by atoms with Crippen molar-refractivity contribution in [3.8, 4) is 0 Å². The van der Waals surface area contributed by atoms with Crippen LogP contribution in [0.1, 0.15) is 12.0 Å². The zero-order chi connectivity index (χ0) is 16.8. The second kappa shape index (κ2) is 4.99. The molecule has 1 unspecified atom stereocenters. The van der Waals surface area contributed by atoms with Crippen LogP contribution in [0.25, 0.3) is 0 Å². The first-order valence-corrected chi connectivity index (χ1v) is 8.89. The molecule has 0 aliphatic carbocycles. The van der Waals surface area contributed by atoms with E-state index >= 15 is 0 Å². The zero-order valence-electron chi connectivity index (χ0n) is 10.9. The van der Waals surface area contributed by atoms with E-state index in [-0.39, 0.29) is 11.3 Å². The summed E-state index contributed by atoms with van der Waals surface area (Å²) in [5.74, 6) is 0. The lowest BCUT2D eigenvalue weighted by molar-refractivity contribution is -0.0594. The third-order valence-electron chi connectivity index (χ3n) is 2.93. The molecule has 22 heavy (non-hydrogen) atoms. The van der Waals surface area contributed by atoms with Gasteiger partial charge in [0.1, 0.15) is 0 Å². The Hall–Kier alpha value is -1.53. The summed E-state index contributed by atoms with van der Waals surface area (Å²) in [6.45, 7) is 0. The van der Waals surface area contributed by atoms with E-state index in [2.05, 4.69) is 14.2 Å². The summed E-state index contributed by atoms with van der Waals surface area (Å²) in [5.41, 5.74) is -6.16. The Balaban J connectivity index is 2.72. The minimum atomic E-state index is -6.14. The van der Waals surface area contributed by atoms with Crippen LogP contribution in [0, 0.1) is 0 Å². The molecule has 2 heterocycles. The van der Waals surface area contributed by atoms with Gasteiger partial charge in [-0.1, -0.05) is 0 Å². The topological polar surface area (TPSA) is 103 Å². The van der Waals surface area contributed by atoms with Crippen LogP contribution >= 0.6 is 0 Å². The molecule has 1 aromatic heterocycles. The van der Waals surface area contributed by atoms with Crippen molar-refractivity contribution in [3.05, 3.63) is 24.0 Å². The van der Waals surface area contributed by atoms with Gasteiger partial charge in [-0.3, -0.25) is 9.98 Å². The molecule has 0 aromatic carbocycles. The molecule has 12 heteroatoms. The fraction of sp³-hybridized carbons (Fsp3) is 0.400. The number of sulfone groups is 1. The third kappa shape index (κ3) is 2.61. The lowest BCUT2D eigenvalue weighted by Crippen LogP contribution is -2.44. The molecule has 0 saturated carbocycles. The van der Waals surface area contributed by atoms with E-state index in [1.807, 2.05) is 0 Å². The molecule has 1 atom stereocenters. The van der Waals surface area contributed by atoms with Gasteiger partial charge < -0.3 is 0 Å². The van der Waals surface area contributed by atoms with Gasteiger partial charge in [0.15, 0.2) is 9.84 Å². The van der Waals surface area contributed by atoms with E-state index < -0.39 is 36.8 Å². The van der Waals surface area contributed by atoms with Gasteiger partial charge in [0.2, 0.25) is 4.93 Å². The van der Waals surface area contributed by atoms with Gasteiger partial charge in [-0.05, 0) is 6.07 Å². The Morgan fingerprint density at radius 2 is 1.91 bits per heavy atom. The monoisotopic (exact) mass is 358 g/mol. The van der Waals surface area contributed by atoms with Crippen molar-refractivity contribution in [1.82, 2.24) is 4.98 Å². The number of alkyl halides is 3. The molecule has 122 valence electrons. The Morgan fingerprint density at radius 1 is 1.27 bits per heavy atom. The number of hydrogen-bond donors (Lipinski definition) is 0. The summed E-state index contributed by atoms with van der Waals surface area (Å²) in [5, 5.41) is 0. The maximum atomic E-state index is 12.6. The summed E-state index contributed by atoms with van der Waals surface area (Å²) >= 11 is 0. The molecule has 0 amide bonds. The molecule has 0 bridgehead atoms. The van der Waals surface area contributed by atoms with Crippen molar-refractivity contribution in [3.63, 3.8) is 0 Å². The van der Waals surface area contributed by atoms with Crippen molar-refractivity contribution in [2.75, 3.05) is 6.26 Å². The molecule has 1 aliphatic rings. The van der Waals surface area contributed by atoms with E-state index in [9.17, 15) is 30.0 Å². The van der Waals surface area contributed by atoms with Gasteiger partial charge in [0, 0.05) is 30.7 Å². The molecule has 7 nitrogen and oxygen atoms in total. The number of halogens is 3. The lowest BCUT2D eigenvalue weighted by atomic mass is 10.0. The van der Waals surface area contributed by atoms with Crippen LogP contribution in [0.2, 0.25) is 0 Å². The van der Waals surface area contributed by atoms with Gasteiger partial charge in [0.05, 0.1) is 11.9 Å². The standard InChI is InChI=1S/C10H9F3N2O5S2/c1-21(16,17)9(20-22(18,19)10(11,12)13)3-5-15-8-6-14-4-2-7(8)9/h2,4-6H,3H2,1H3. The molecule has 2 rings (SSSR count). The molecule has 0 fully saturated rings. The van der Waals surface area contributed by atoms with Crippen LogP contribution in [-0.2, 0) is 29.1 Å². The second-order valence-corrected chi connectivity index (χ2v) is 8.16. The van der Waals surface area contributed by atoms with E-state index in [1.165, 1.54) is 0 Å². The van der Waals surface area contributed by atoms with Crippen LogP contribution in [0.3, 0.4) is 0 Å². The number of pyridine rings is 1. The molecule has 0 N–H and O–H groups in total. The minimum Gasteiger partial charge on any atom is -0.262 e. The maximum Gasteiger partial charge on any atom is 0.523 e. The number of aromatic nitrogens is 1. The van der Waals surface area contributed by atoms with E-state index in [0.29, 0.717) is 6.26 Å². The van der Waals surface area contributed by atoms with Crippen molar-refractivity contribution in [1.29, 1.82) is 0 Å². The van der Waals surface area contributed by atoms with Crippen LogP contribution in [0.15, 0.2) is 23.5 Å². The summed E-state index contributed by atoms with van der Waals surface area (Å²) < 4.78 is 88.6. The van der Waals surface area contributed by atoms with Crippen molar-refractivity contribution < 1.29 is 34.2 Å². The fourth-order valence-electron chi connectivity index (χ4n) is 1.90. The smallest absolute Gasteiger partial charge is 0.262 e. The van der Waals surface area contributed by atoms with Crippen LogP contribution in [0.4, 0.5) is 18.9 Å². The largest absolute Gasteiger partial charge is 0.523 e. The third-order valence-corrected chi connectivity index (χ3v) is 5.77. The highest BCUT2D eigenvalue weighted by Crippen LogP contribution is 2.45. The fourth-order valence-corrected chi connectivity index (χ4v) is 4.22. The van der Waals surface area contributed by atoms with E-state index in [1.54, 1.807) is 0 Å². The number of hydrogen-bond acceptors (Lipinski definition) is 7.